The highest BCUT2D eigenvalue weighted by atomic mass is 16.2. The van der Waals surface area contributed by atoms with Gasteiger partial charge in [0.2, 0.25) is 0 Å². The van der Waals surface area contributed by atoms with Gasteiger partial charge in [-0.25, -0.2) is 4.79 Å². The van der Waals surface area contributed by atoms with Crippen LogP contribution in [-0.4, -0.2) is 69.6 Å². The third kappa shape index (κ3) is 4.76. The molecule has 0 spiro atoms. The van der Waals surface area contributed by atoms with Crippen molar-refractivity contribution in [2.45, 2.75) is 38.6 Å². The minimum absolute atomic E-state index is 0.0116. The molecule has 4 rings (SSSR count). The quantitative estimate of drug-likeness (QED) is 0.766. The summed E-state index contributed by atoms with van der Waals surface area (Å²) in [7, 11) is 1.77. The lowest BCUT2D eigenvalue weighted by Crippen LogP contribution is -2.47. The Kier molecular flexibility index (Phi) is 6.43. The standard InChI is InChI=1S/C23H30N6O3/c1-16-6-5-7-19(22(31)28-10-3-4-11-28)20(16)26-23(32)29-12-8-18(9-13-29)25-21(30)17-14-24-27(2)15-17/h5-7,14-15,18H,3-4,8-13H2,1-2H3,(H,25,30)(H,26,32). The Morgan fingerprint density at radius 3 is 2.41 bits per heavy atom. The van der Waals surface area contributed by atoms with E-state index in [4.69, 9.17) is 0 Å². The lowest BCUT2D eigenvalue weighted by atomic mass is 10.0. The van der Waals surface area contributed by atoms with Crippen molar-refractivity contribution in [1.82, 2.24) is 24.9 Å². The second-order valence-electron chi connectivity index (χ2n) is 8.56. The average Bonchev–Trinajstić information content (AvgIpc) is 3.47. The summed E-state index contributed by atoms with van der Waals surface area (Å²) in [6.07, 6.45) is 6.61. The third-order valence-electron chi connectivity index (χ3n) is 6.21. The van der Waals surface area contributed by atoms with Crippen LogP contribution in [0.3, 0.4) is 0 Å². The van der Waals surface area contributed by atoms with Gasteiger partial charge in [0.15, 0.2) is 0 Å². The molecule has 2 aromatic rings. The van der Waals surface area contributed by atoms with Crippen LogP contribution in [0, 0.1) is 6.92 Å². The molecule has 0 saturated carbocycles. The van der Waals surface area contributed by atoms with Crippen LogP contribution in [-0.2, 0) is 7.05 Å². The number of hydrogen-bond donors (Lipinski definition) is 2. The van der Waals surface area contributed by atoms with E-state index in [1.165, 1.54) is 0 Å². The van der Waals surface area contributed by atoms with Crippen molar-refractivity contribution in [3.05, 3.63) is 47.3 Å². The largest absolute Gasteiger partial charge is 0.349 e. The number of rotatable bonds is 4. The molecule has 0 unspecified atom stereocenters. The molecule has 1 aromatic heterocycles. The van der Waals surface area contributed by atoms with Gasteiger partial charge in [-0.2, -0.15) is 5.10 Å². The van der Waals surface area contributed by atoms with Crippen LogP contribution < -0.4 is 10.6 Å². The van der Waals surface area contributed by atoms with Gasteiger partial charge in [0.1, 0.15) is 0 Å². The van der Waals surface area contributed by atoms with Crippen molar-refractivity contribution in [2.75, 3.05) is 31.5 Å². The Balaban J connectivity index is 1.35. The molecule has 0 aliphatic carbocycles. The number of likely N-dealkylation sites (tertiary alicyclic amines) is 2. The van der Waals surface area contributed by atoms with Crippen LogP contribution in [0.5, 0.6) is 0 Å². The minimum atomic E-state index is -0.216. The zero-order valence-corrected chi connectivity index (χ0v) is 18.6. The van der Waals surface area contributed by atoms with E-state index in [-0.39, 0.29) is 23.9 Å². The summed E-state index contributed by atoms with van der Waals surface area (Å²) in [6.45, 7) is 4.49. The monoisotopic (exact) mass is 438 g/mol. The first-order valence-electron chi connectivity index (χ1n) is 11.2. The number of aromatic nitrogens is 2. The molecule has 9 heteroatoms. The van der Waals surface area contributed by atoms with Gasteiger partial charge in [0, 0.05) is 45.5 Å². The van der Waals surface area contributed by atoms with E-state index < -0.39 is 0 Å². The predicted octanol–water partition coefficient (Wildman–Crippen LogP) is 2.39. The number of benzene rings is 1. The number of nitrogens with one attached hydrogen (secondary N) is 2. The van der Waals surface area contributed by atoms with Crippen LogP contribution in [0.25, 0.3) is 0 Å². The van der Waals surface area contributed by atoms with Gasteiger partial charge in [-0.05, 0) is 44.2 Å². The van der Waals surface area contributed by atoms with Crippen LogP contribution >= 0.6 is 0 Å². The number of amides is 4. The number of urea groups is 1. The molecule has 2 aliphatic heterocycles. The first kappa shape index (κ1) is 21.9. The fraction of sp³-hybridized carbons (Fsp3) is 0.478. The Morgan fingerprint density at radius 2 is 1.75 bits per heavy atom. The summed E-state index contributed by atoms with van der Waals surface area (Å²) in [6, 6.07) is 5.33. The van der Waals surface area contributed by atoms with E-state index >= 15 is 0 Å². The van der Waals surface area contributed by atoms with Crippen molar-refractivity contribution < 1.29 is 14.4 Å². The Morgan fingerprint density at radius 1 is 1.03 bits per heavy atom. The lowest BCUT2D eigenvalue weighted by molar-refractivity contribution is 0.0793. The molecular weight excluding hydrogens is 408 g/mol. The summed E-state index contributed by atoms with van der Waals surface area (Å²) in [5, 5.41) is 10.0. The maximum atomic E-state index is 13.0. The molecule has 2 N–H and O–H groups in total. The van der Waals surface area contributed by atoms with E-state index in [9.17, 15) is 14.4 Å². The number of hydrogen-bond acceptors (Lipinski definition) is 4. The number of aryl methyl sites for hydroxylation is 2. The maximum Gasteiger partial charge on any atom is 0.321 e. The first-order valence-corrected chi connectivity index (χ1v) is 11.2. The number of carbonyl (C=O) groups is 3. The number of piperidine rings is 1. The normalized spacial score (nSPS) is 16.8. The highest BCUT2D eigenvalue weighted by molar-refractivity contribution is 6.04. The predicted molar refractivity (Wildman–Crippen MR) is 121 cm³/mol. The first-order chi connectivity index (χ1) is 15.4. The second kappa shape index (κ2) is 9.42. The van der Waals surface area contributed by atoms with Crippen molar-refractivity contribution in [3.8, 4) is 0 Å². The smallest absolute Gasteiger partial charge is 0.321 e. The summed E-state index contributed by atoms with van der Waals surface area (Å²) in [5.74, 6) is -0.177. The molecule has 0 atom stereocenters. The average molecular weight is 439 g/mol. The molecule has 2 aliphatic rings. The summed E-state index contributed by atoms with van der Waals surface area (Å²) < 4.78 is 1.59. The molecule has 32 heavy (non-hydrogen) atoms. The Hall–Kier alpha value is -3.36. The molecule has 0 bridgehead atoms. The third-order valence-corrected chi connectivity index (χ3v) is 6.21. The molecule has 4 amide bonds. The van der Waals surface area contributed by atoms with Crippen molar-refractivity contribution in [1.29, 1.82) is 0 Å². The van der Waals surface area contributed by atoms with Gasteiger partial charge in [-0.1, -0.05) is 12.1 Å². The number of anilines is 1. The molecule has 1 aromatic carbocycles. The second-order valence-corrected chi connectivity index (χ2v) is 8.56. The molecule has 170 valence electrons. The summed E-state index contributed by atoms with van der Waals surface area (Å²) in [4.78, 5) is 41.8. The minimum Gasteiger partial charge on any atom is -0.349 e. The molecule has 0 radical (unpaired) electrons. The van der Waals surface area contributed by atoms with E-state index in [0.717, 1.165) is 31.5 Å². The molecule has 3 heterocycles. The zero-order valence-electron chi connectivity index (χ0n) is 18.6. The van der Waals surface area contributed by atoms with Crippen LogP contribution in [0.15, 0.2) is 30.6 Å². The van der Waals surface area contributed by atoms with E-state index in [0.29, 0.717) is 42.7 Å². The highest BCUT2D eigenvalue weighted by Gasteiger charge is 2.27. The molecular formula is C23H30N6O3. The highest BCUT2D eigenvalue weighted by Crippen LogP contribution is 2.25. The van der Waals surface area contributed by atoms with Crippen molar-refractivity contribution in [2.24, 2.45) is 7.05 Å². The number of nitrogens with zero attached hydrogens (tertiary/aromatic N) is 4. The molecule has 9 nitrogen and oxygen atoms in total. The topological polar surface area (TPSA) is 99.6 Å². The van der Waals surface area contributed by atoms with Gasteiger partial charge >= 0.3 is 6.03 Å². The SMILES string of the molecule is Cc1cccc(C(=O)N2CCCC2)c1NC(=O)N1CCC(NC(=O)c2cnn(C)c2)CC1. The Bertz CT molecular complexity index is 1000. The van der Waals surface area contributed by atoms with Crippen molar-refractivity contribution >= 4 is 23.5 Å². The van der Waals surface area contributed by atoms with Gasteiger partial charge in [-0.3, -0.25) is 14.3 Å². The van der Waals surface area contributed by atoms with E-state index in [1.807, 2.05) is 24.0 Å². The fourth-order valence-corrected chi connectivity index (χ4v) is 4.32. The lowest BCUT2D eigenvalue weighted by Gasteiger charge is -2.32. The van der Waals surface area contributed by atoms with Gasteiger partial charge < -0.3 is 20.4 Å². The Labute approximate surface area is 187 Å². The van der Waals surface area contributed by atoms with Crippen LogP contribution in [0.4, 0.5) is 10.5 Å². The fourth-order valence-electron chi connectivity index (χ4n) is 4.32. The molecule has 2 saturated heterocycles. The van der Waals surface area contributed by atoms with Crippen LogP contribution in [0.2, 0.25) is 0 Å². The van der Waals surface area contributed by atoms with Gasteiger partial charge in [0.05, 0.1) is 23.0 Å². The van der Waals surface area contributed by atoms with Gasteiger partial charge in [-0.15, -0.1) is 0 Å². The zero-order chi connectivity index (χ0) is 22.7. The summed E-state index contributed by atoms with van der Waals surface area (Å²) in [5.41, 5.74) is 2.52. The molecule has 2 fully saturated rings. The van der Waals surface area contributed by atoms with Crippen LogP contribution in [0.1, 0.15) is 52.0 Å². The maximum absolute atomic E-state index is 13.0. The van der Waals surface area contributed by atoms with E-state index in [2.05, 4.69) is 15.7 Å². The summed E-state index contributed by atoms with van der Waals surface area (Å²) >= 11 is 0. The number of para-hydroxylation sites is 1. The number of carbonyl (C=O) groups excluding carboxylic acids is 3. The van der Waals surface area contributed by atoms with Crippen molar-refractivity contribution in [3.63, 3.8) is 0 Å². The van der Waals surface area contributed by atoms with E-state index in [1.54, 1.807) is 35.1 Å². The van der Waals surface area contributed by atoms with Gasteiger partial charge in [0.25, 0.3) is 11.8 Å².